The molecule has 148 valence electrons. The van der Waals surface area contributed by atoms with E-state index in [0.29, 0.717) is 32.7 Å². The molecule has 0 spiro atoms. The first-order valence-electron chi connectivity index (χ1n) is 8.69. The van der Waals surface area contributed by atoms with E-state index in [1.54, 1.807) is 29.0 Å². The lowest BCUT2D eigenvalue weighted by Crippen LogP contribution is -2.53. The van der Waals surface area contributed by atoms with Crippen molar-refractivity contribution in [3.8, 4) is 5.75 Å². The fraction of sp³-hybridized carbons (Fsp3) is 0.556. The molecule has 2 aliphatic rings. The number of benzene rings is 1. The Morgan fingerprint density at radius 3 is 2.52 bits per heavy atom. The Hall–Kier alpha value is -2.29. The summed E-state index contributed by atoms with van der Waals surface area (Å²) in [6.45, 7) is 1.99. The predicted molar refractivity (Wildman–Crippen MR) is 89.0 cm³/mol. The number of alkyl halides is 3. The average Bonchev–Trinajstić information content (AvgIpc) is 3.40. The van der Waals surface area contributed by atoms with E-state index >= 15 is 0 Å². The van der Waals surface area contributed by atoms with E-state index in [4.69, 9.17) is 4.74 Å². The number of piperazine rings is 1. The summed E-state index contributed by atoms with van der Waals surface area (Å²) in [5.74, 6) is -0.711. The van der Waals surface area contributed by atoms with Crippen LogP contribution in [0.1, 0.15) is 17.9 Å². The number of ether oxygens (including phenoxy) is 2. The van der Waals surface area contributed by atoms with Crippen LogP contribution in [0.5, 0.6) is 5.75 Å². The molecule has 1 aliphatic heterocycles. The third kappa shape index (κ3) is 4.91. The average molecular weight is 386 g/mol. The first-order valence-corrected chi connectivity index (χ1v) is 8.69. The Kier molecular flexibility index (Phi) is 5.59. The highest BCUT2D eigenvalue weighted by atomic mass is 19.4. The van der Waals surface area contributed by atoms with E-state index in [9.17, 15) is 22.8 Å². The van der Waals surface area contributed by atoms with Crippen LogP contribution in [0.4, 0.5) is 13.2 Å². The van der Waals surface area contributed by atoms with Crippen LogP contribution >= 0.6 is 0 Å². The van der Waals surface area contributed by atoms with Crippen molar-refractivity contribution in [2.75, 3.05) is 39.9 Å². The van der Waals surface area contributed by atoms with Crippen molar-refractivity contribution < 1.29 is 32.2 Å². The minimum Gasteiger partial charge on any atom is -0.406 e. The van der Waals surface area contributed by atoms with Gasteiger partial charge < -0.3 is 19.3 Å². The van der Waals surface area contributed by atoms with Crippen LogP contribution in [0.3, 0.4) is 0 Å². The number of nitrogens with zero attached hydrogens (tertiary/aromatic N) is 2. The van der Waals surface area contributed by atoms with Crippen molar-refractivity contribution in [2.45, 2.75) is 18.7 Å². The number of halogens is 3. The van der Waals surface area contributed by atoms with Gasteiger partial charge in [-0.1, -0.05) is 12.1 Å². The zero-order chi connectivity index (χ0) is 19.6. The first kappa shape index (κ1) is 19.5. The third-order valence-electron chi connectivity index (χ3n) is 4.85. The second kappa shape index (κ2) is 7.75. The minimum absolute atomic E-state index is 0.0286. The molecule has 1 saturated heterocycles. The normalized spacial score (nSPS) is 22.7. The minimum atomic E-state index is -4.72. The van der Waals surface area contributed by atoms with Gasteiger partial charge in [0, 0.05) is 32.7 Å². The van der Waals surface area contributed by atoms with Gasteiger partial charge >= 0.3 is 6.36 Å². The summed E-state index contributed by atoms with van der Waals surface area (Å²) in [5, 5.41) is 0. The molecule has 0 radical (unpaired) electrons. The molecule has 1 heterocycles. The van der Waals surface area contributed by atoms with E-state index in [0.717, 1.165) is 5.56 Å². The molecule has 3 rings (SSSR count). The Morgan fingerprint density at radius 1 is 1.22 bits per heavy atom. The van der Waals surface area contributed by atoms with Crippen LogP contribution in [-0.4, -0.2) is 67.9 Å². The summed E-state index contributed by atoms with van der Waals surface area (Å²) in [4.78, 5) is 28.0. The number of hydrogen-bond donors (Lipinski definition) is 0. The van der Waals surface area contributed by atoms with Crippen molar-refractivity contribution in [1.82, 2.24) is 9.80 Å². The summed E-state index contributed by atoms with van der Waals surface area (Å²) in [6, 6.07) is 5.60. The Bertz CT molecular complexity index is 693. The highest BCUT2D eigenvalue weighted by Gasteiger charge is 2.46. The number of amides is 2. The van der Waals surface area contributed by atoms with Gasteiger partial charge in [0.1, 0.15) is 5.75 Å². The highest BCUT2D eigenvalue weighted by molar-refractivity contribution is 5.89. The van der Waals surface area contributed by atoms with Crippen LogP contribution in [0.15, 0.2) is 24.3 Å². The molecule has 0 bridgehead atoms. The summed E-state index contributed by atoms with van der Waals surface area (Å²) in [7, 11) is 1.57. The number of rotatable bonds is 6. The van der Waals surface area contributed by atoms with E-state index in [1.165, 1.54) is 12.1 Å². The molecule has 0 aromatic heterocycles. The molecule has 1 saturated carbocycles. The van der Waals surface area contributed by atoms with Crippen molar-refractivity contribution in [2.24, 2.45) is 5.92 Å². The van der Waals surface area contributed by atoms with Crippen molar-refractivity contribution in [3.05, 3.63) is 29.8 Å². The largest absolute Gasteiger partial charge is 0.573 e. The Morgan fingerprint density at radius 2 is 1.93 bits per heavy atom. The van der Waals surface area contributed by atoms with Gasteiger partial charge in [-0.2, -0.15) is 0 Å². The van der Waals surface area contributed by atoms with Crippen molar-refractivity contribution in [3.63, 3.8) is 0 Å². The van der Waals surface area contributed by atoms with Gasteiger partial charge in [-0.15, -0.1) is 13.2 Å². The van der Waals surface area contributed by atoms with E-state index < -0.39 is 6.36 Å². The van der Waals surface area contributed by atoms with Crippen LogP contribution < -0.4 is 4.74 Å². The van der Waals surface area contributed by atoms with Gasteiger partial charge in [-0.3, -0.25) is 9.59 Å². The lowest BCUT2D eigenvalue weighted by Gasteiger charge is -2.34. The maximum Gasteiger partial charge on any atom is 0.573 e. The van der Waals surface area contributed by atoms with Gasteiger partial charge in [0.2, 0.25) is 11.8 Å². The number of carbonyl (C=O) groups is 2. The highest BCUT2D eigenvalue weighted by Crippen LogP contribution is 2.48. The quantitative estimate of drug-likeness (QED) is 0.751. The monoisotopic (exact) mass is 386 g/mol. The number of methoxy groups -OCH3 is 1. The molecule has 1 aliphatic carbocycles. The van der Waals surface area contributed by atoms with E-state index in [1.807, 2.05) is 0 Å². The molecule has 0 unspecified atom stereocenters. The SMILES string of the molecule is COCCN1CCN(C(=O)[C@@H]2C[C@H]2c2ccc(OC(F)(F)F)cc2)CC1=O. The molecule has 9 heteroatoms. The fourth-order valence-corrected chi connectivity index (χ4v) is 3.32. The predicted octanol–water partition coefficient (Wildman–Crippen LogP) is 2.01. The molecular weight excluding hydrogens is 365 g/mol. The smallest absolute Gasteiger partial charge is 0.406 e. The molecule has 0 N–H and O–H groups in total. The maximum absolute atomic E-state index is 12.6. The van der Waals surface area contributed by atoms with Crippen molar-refractivity contribution in [1.29, 1.82) is 0 Å². The molecule has 6 nitrogen and oxygen atoms in total. The number of carbonyl (C=O) groups excluding carboxylic acids is 2. The summed E-state index contributed by atoms with van der Waals surface area (Å²) < 4.78 is 45.4. The molecule has 2 amide bonds. The van der Waals surface area contributed by atoms with Gasteiger partial charge in [0.25, 0.3) is 0 Å². The van der Waals surface area contributed by atoms with E-state index in [2.05, 4.69) is 4.74 Å². The fourth-order valence-electron chi connectivity index (χ4n) is 3.32. The molecule has 27 heavy (non-hydrogen) atoms. The van der Waals surface area contributed by atoms with Crippen LogP contribution in [-0.2, 0) is 14.3 Å². The standard InChI is InChI=1S/C18H21F3N2O4/c1-26-9-8-22-6-7-23(11-16(22)24)17(25)15-10-14(15)12-2-4-13(5-3-12)27-18(19,20)21/h2-5,14-15H,6-11H2,1H3/t14-,15+/m0/s1. The lowest BCUT2D eigenvalue weighted by molar-refractivity contribution is -0.274. The summed E-state index contributed by atoms with van der Waals surface area (Å²) in [5.41, 5.74) is 0.799. The van der Waals surface area contributed by atoms with Crippen LogP contribution in [0.25, 0.3) is 0 Å². The molecule has 1 aromatic rings. The Labute approximate surface area is 154 Å². The second-order valence-electron chi connectivity index (χ2n) is 6.70. The first-order chi connectivity index (χ1) is 12.8. The topological polar surface area (TPSA) is 59.1 Å². The zero-order valence-electron chi connectivity index (χ0n) is 14.9. The van der Waals surface area contributed by atoms with Gasteiger partial charge in [-0.25, -0.2) is 0 Å². The molecule has 1 aromatic carbocycles. The van der Waals surface area contributed by atoms with E-state index in [-0.39, 0.29) is 35.9 Å². The van der Waals surface area contributed by atoms with Gasteiger partial charge in [-0.05, 0) is 30.0 Å². The molecule has 2 fully saturated rings. The second-order valence-corrected chi connectivity index (χ2v) is 6.70. The molecular formula is C18H21F3N2O4. The van der Waals surface area contributed by atoms with Crippen LogP contribution in [0.2, 0.25) is 0 Å². The summed E-state index contributed by atoms with van der Waals surface area (Å²) >= 11 is 0. The Balaban J connectivity index is 1.53. The molecule has 2 atom stereocenters. The maximum atomic E-state index is 12.6. The third-order valence-corrected chi connectivity index (χ3v) is 4.85. The zero-order valence-corrected chi connectivity index (χ0v) is 14.9. The summed E-state index contributed by atoms with van der Waals surface area (Å²) in [6.07, 6.45) is -4.09. The van der Waals surface area contributed by atoms with Crippen LogP contribution in [0, 0.1) is 5.92 Å². The van der Waals surface area contributed by atoms with Gasteiger partial charge in [0.15, 0.2) is 0 Å². The lowest BCUT2D eigenvalue weighted by atomic mass is 10.1. The number of hydrogen-bond acceptors (Lipinski definition) is 4. The van der Waals surface area contributed by atoms with Gasteiger partial charge in [0.05, 0.1) is 13.2 Å². The van der Waals surface area contributed by atoms with Crippen molar-refractivity contribution >= 4 is 11.8 Å².